The zero-order valence-electron chi connectivity index (χ0n) is 9.68. The van der Waals surface area contributed by atoms with Gasteiger partial charge in [-0.15, -0.1) is 0 Å². The second-order valence-corrected chi connectivity index (χ2v) is 5.93. The van der Waals surface area contributed by atoms with Gasteiger partial charge in [0.15, 0.2) is 0 Å². The third kappa shape index (κ3) is 3.50. The molecule has 0 aliphatic rings. The van der Waals surface area contributed by atoms with Gasteiger partial charge < -0.3 is 0 Å². The number of sulfonamides is 1. The van der Waals surface area contributed by atoms with Gasteiger partial charge >= 0.3 is 0 Å². The molecule has 0 unspecified atom stereocenters. The molecule has 0 aliphatic heterocycles. The Bertz CT molecular complexity index is 677. The molecule has 100 valence electrons. The summed E-state index contributed by atoms with van der Waals surface area (Å²) in [5, 5.41) is 0.158. The lowest BCUT2D eigenvalue weighted by Gasteiger charge is -2.08. The van der Waals surface area contributed by atoms with Crippen molar-refractivity contribution in [3.63, 3.8) is 0 Å². The minimum Gasteiger partial charge on any atom is -0.265 e. The maximum atomic E-state index is 13.5. The second-order valence-electron chi connectivity index (χ2n) is 3.75. The molecule has 0 atom stereocenters. The van der Waals surface area contributed by atoms with Gasteiger partial charge in [0.2, 0.25) is 10.0 Å². The fourth-order valence-corrected chi connectivity index (χ4v) is 2.80. The highest BCUT2D eigenvalue weighted by molar-refractivity contribution is 7.89. The van der Waals surface area contributed by atoms with E-state index in [9.17, 15) is 12.8 Å². The Morgan fingerprint density at radius 1 is 1.21 bits per heavy atom. The number of nitrogens with one attached hydrogen (secondary N) is 1. The smallest absolute Gasteiger partial charge is 0.243 e. The van der Waals surface area contributed by atoms with Crippen molar-refractivity contribution in [3.05, 3.63) is 59.1 Å². The highest BCUT2D eigenvalue weighted by Crippen LogP contribution is 2.19. The fraction of sp³-hybridized carbons (Fsp3) is 0.0833. The van der Waals surface area contributed by atoms with Crippen LogP contribution in [0.4, 0.5) is 4.39 Å². The summed E-state index contributed by atoms with van der Waals surface area (Å²) in [5.74, 6) is -0.841. The van der Waals surface area contributed by atoms with Crippen LogP contribution < -0.4 is 4.72 Å². The van der Waals surface area contributed by atoms with E-state index in [1.54, 1.807) is 24.5 Å². The summed E-state index contributed by atoms with van der Waals surface area (Å²) >= 11 is 5.67. The SMILES string of the molecule is O=S(=O)(NCc1ccncc1)c1cc(Cl)ccc1F. The van der Waals surface area contributed by atoms with Crippen LogP contribution in [0, 0.1) is 5.82 Å². The summed E-state index contributed by atoms with van der Waals surface area (Å²) in [5.41, 5.74) is 0.723. The van der Waals surface area contributed by atoms with Gasteiger partial charge in [0.05, 0.1) is 0 Å². The minimum atomic E-state index is -3.94. The van der Waals surface area contributed by atoms with Crippen molar-refractivity contribution in [1.29, 1.82) is 0 Å². The number of halogens is 2. The van der Waals surface area contributed by atoms with Crippen LogP contribution in [0.25, 0.3) is 0 Å². The predicted octanol–water partition coefficient (Wildman–Crippen LogP) is 2.35. The molecular formula is C12H10ClFN2O2S. The van der Waals surface area contributed by atoms with Crippen LogP contribution in [-0.2, 0) is 16.6 Å². The summed E-state index contributed by atoms with van der Waals surface area (Å²) in [6, 6.07) is 6.71. The molecule has 0 saturated heterocycles. The zero-order chi connectivity index (χ0) is 13.9. The van der Waals surface area contributed by atoms with Gasteiger partial charge in [-0.2, -0.15) is 0 Å². The van der Waals surface area contributed by atoms with Crippen LogP contribution >= 0.6 is 11.6 Å². The number of benzene rings is 1. The molecule has 1 N–H and O–H groups in total. The first-order valence-electron chi connectivity index (χ1n) is 5.33. The lowest BCUT2D eigenvalue weighted by Crippen LogP contribution is -2.24. The molecule has 7 heteroatoms. The number of pyridine rings is 1. The molecular weight excluding hydrogens is 291 g/mol. The lowest BCUT2D eigenvalue weighted by molar-refractivity contribution is 0.557. The molecule has 0 spiro atoms. The van der Waals surface area contributed by atoms with E-state index in [-0.39, 0.29) is 11.6 Å². The molecule has 2 aromatic rings. The monoisotopic (exact) mass is 300 g/mol. The van der Waals surface area contributed by atoms with E-state index in [4.69, 9.17) is 11.6 Å². The van der Waals surface area contributed by atoms with Crippen LogP contribution in [0.5, 0.6) is 0 Å². The van der Waals surface area contributed by atoms with Gasteiger partial charge in [-0.3, -0.25) is 4.98 Å². The highest BCUT2D eigenvalue weighted by atomic mass is 35.5. The van der Waals surface area contributed by atoms with E-state index in [0.29, 0.717) is 0 Å². The normalized spacial score (nSPS) is 11.5. The largest absolute Gasteiger partial charge is 0.265 e. The number of aromatic nitrogens is 1. The topological polar surface area (TPSA) is 59.1 Å². The van der Waals surface area contributed by atoms with E-state index in [1.807, 2.05) is 0 Å². The van der Waals surface area contributed by atoms with Gasteiger partial charge in [-0.25, -0.2) is 17.5 Å². The van der Waals surface area contributed by atoms with Crippen molar-refractivity contribution in [1.82, 2.24) is 9.71 Å². The first kappa shape index (κ1) is 13.9. The van der Waals surface area contributed by atoms with Gasteiger partial charge in [0, 0.05) is 24.0 Å². The van der Waals surface area contributed by atoms with Crippen molar-refractivity contribution >= 4 is 21.6 Å². The van der Waals surface area contributed by atoms with Crippen LogP contribution in [-0.4, -0.2) is 13.4 Å². The van der Waals surface area contributed by atoms with Crippen molar-refractivity contribution in [2.24, 2.45) is 0 Å². The molecule has 2 rings (SSSR count). The van der Waals surface area contributed by atoms with E-state index >= 15 is 0 Å². The Balaban J connectivity index is 2.21. The quantitative estimate of drug-likeness (QED) is 0.943. The Labute approximate surface area is 115 Å². The molecule has 0 fully saturated rings. The van der Waals surface area contributed by atoms with Gasteiger partial charge in [0.25, 0.3) is 0 Å². The van der Waals surface area contributed by atoms with Crippen LogP contribution in [0.15, 0.2) is 47.6 Å². The Morgan fingerprint density at radius 3 is 2.58 bits per heavy atom. The molecule has 0 saturated carbocycles. The standard InChI is InChI=1S/C12H10ClFN2O2S/c13-10-1-2-11(14)12(7-10)19(17,18)16-8-9-3-5-15-6-4-9/h1-7,16H,8H2. The summed E-state index contributed by atoms with van der Waals surface area (Å²) in [6.45, 7) is 0.0524. The van der Waals surface area contributed by atoms with Crippen molar-refractivity contribution in [2.45, 2.75) is 11.4 Å². The Hall–Kier alpha value is -1.50. The summed E-state index contributed by atoms with van der Waals surface area (Å²) in [4.78, 5) is 3.36. The first-order chi connectivity index (χ1) is 8.99. The fourth-order valence-electron chi connectivity index (χ4n) is 1.44. The Morgan fingerprint density at radius 2 is 1.89 bits per heavy atom. The zero-order valence-corrected chi connectivity index (χ0v) is 11.2. The third-order valence-electron chi connectivity index (χ3n) is 2.40. The molecule has 0 bridgehead atoms. The van der Waals surface area contributed by atoms with Crippen LogP contribution in [0.2, 0.25) is 5.02 Å². The molecule has 0 aliphatic carbocycles. The lowest BCUT2D eigenvalue weighted by atomic mass is 10.3. The van der Waals surface area contributed by atoms with Crippen molar-refractivity contribution in [3.8, 4) is 0 Å². The number of hydrogen-bond donors (Lipinski definition) is 1. The maximum absolute atomic E-state index is 13.5. The maximum Gasteiger partial charge on any atom is 0.243 e. The predicted molar refractivity (Wildman–Crippen MR) is 69.7 cm³/mol. The molecule has 4 nitrogen and oxygen atoms in total. The van der Waals surface area contributed by atoms with E-state index in [2.05, 4.69) is 9.71 Å². The molecule has 1 aromatic heterocycles. The van der Waals surface area contributed by atoms with Crippen LogP contribution in [0.3, 0.4) is 0 Å². The first-order valence-corrected chi connectivity index (χ1v) is 7.19. The minimum absolute atomic E-state index is 0.0524. The van der Waals surface area contributed by atoms with E-state index < -0.39 is 20.7 Å². The number of rotatable bonds is 4. The third-order valence-corrected chi connectivity index (χ3v) is 4.05. The molecule has 1 heterocycles. The number of nitrogens with zero attached hydrogens (tertiary/aromatic N) is 1. The highest BCUT2D eigenvalue weighted by Gasteiger charge is 2.19. The average Bonchev–Trinajstić information content (AvgIpc) is 2.40. The summed E-state index contributed by atoms with van der Waals surface area (Å²) in [6.07, 6.45) is 3.09. The van der Waals surface area contributed by atoms with Gasteiger partial charge in [-0.1, -0.05) is 11.6 Å². The van der Waals surface area contributed by atoms with Gasteiger partial charge in [-0.05, 0) is 35.9 Å². The van der Waals surface area contributed by atoms with Gasteiger partial charge in [0.1, 0.15) is 10.7 Å². The van der Waals surface area contributed by atoms with Crippen LogP contribution in [0.1, 0.15) is 5.56 Å². The van der Waals surface area contributed by atoms with E-state index in [1.165, 1.54) is 6.07 Å². The molecule has 19 heavy (non-hydrogen) atoms. The van der Waals surface area contributed by atoms with Crippen molar-refractivity contribution < 1.29 is 12.8 Å². The average molecular weight is 301 g/mol. The summed E-state index contributed by atoms with van der Waals surface area (Å²) < 4.78 is 39.7. The summed E-state index contributed by atoms with van der Waals surface area (Å²) in [7, 11) is -3.94. The second kappa shape index (κ2) is 5.64. The van der Waals surface area contributed by atoms with E-state index in [0.717, 1.165) is 17.7 Å². The molecule has 0 amide bonds. The van der Waals surface area contributed by atoms with Crippen molar-refractivity contribution in [2.75, 3.05) is 0 Å². The molecule has 0 radical (unpaired) electrons. The molecule has 1 aromatic carbocycles. The number of hydrogen-bond acceptors (Lipinski definition) is 3. The Kier molecular flexibility index (Phi) is 4.14.